The first-order chi connectivity index (χ1) is 9.95. The number of methoxy groups -OCH3 is 1. The summed E-state index contributed by atoms with van der Waals surface area (Å²) >= 11 is 0. The molecule has 112 valence electrons. The Morgan fingerprint density at radius 1 is 1.33 bits per heavy atom. The van der Waals surface area contributed by atoms with E-state index in [1.165, 1.54) is 12.0 Å². The summed E-state index contributed by atoms with van der Waals surface area (Å²) in [6.07, 6.45) is 0. The van der Waals surface area contributed by atoms with Crippen LogP contribution in [0.1, 0.15) is 23.0 Å². The summed E-state index contributed by atoms with van der Waals surface area (Å²) in [5, 5.41) is 0.926. The number of fused-ring (bicyclic) bond motifs is 1. The van der Waals surface area contributed by atoms with Crippen LogP contribution in [0.25, 0.3) is 11.0 Å². The molecule has 0 spiro atoms. The molecule has 2 aromatic rings. The molecular formula is C16H19NO4. The van der Waals surface area contributed by atoms with E-state index in [9.17, 15) is 9.59 Å². The zero-order valence-corrected chi connectivity index (χ0v) is 12.7. The van der Waals surface area contributed by atoms with E-state index < -0.39 is 0 Å². The highest BCUT2D eigenvalue weighted by Gasteiger charge is 2.24. The van der Waals surface area contributed by atoms with Crippen LogP contribution in [0.4, 0.5) is 0 Å². The smallest absolute Gasteiger partial charge is 0.310 e. The van der Waals surface area contributed by atoms with Crippen LogP contribution in [0.2, 0.25) is 0 Å². The van der Waals surface area contributed by atoms with Gasteiger partial charge in [-0.2, -0.15) is 0 Å². The lowest BCUT2D eigenvalue weighted by Gasteiger charge is -2.19. The first-order valence-electron chi connectivity index (χ1n) is 6.77. The molecule has 1 aromatic heterocycles. The molecule has 5 nitrogen and oxygen atoms in total. The van der Waals surface area contributed by atoms with Crippen LogP contribution in [0.15, 0.2) is 28.7 Å². The van der Waals surface area contributed by atoms with Gasteiger partial charge in [0.1, 0.15) is 5.58 Å². The van der Waals surface area contributed by atoms with E-state index in [1.807, 2.05) is 31.2 Å². The van der Waals surface area contributed by atoms with Crippen LogP contribution in [-0.2, 0) is 9.53 Å². The summed E-state index contributed by atoms with van der Waals surface area (Å²) in [4.78, 5) is 25.4. The normalized spacial score (nSPS) is 12.2. The Balaban J connectivity index is 2.22. The van der Waals surface area contributed by atoms with Crippen molar-refractivity contribution >= 4 is 22.8 Å². The summed E-state index contributed by atoms with van der Waals surface area (Å²) in [7, 11) is 2.98. The number of aryl methyl sites for hydroxylation is 1. The van der Waals surface area contributed by atoms with Crippen molar-refractivity contribution in [2.45, 2.75) is 13.8 Å². The van der Waals surface area contributed by atoms with Gasteiger partial charge in [-0.1, -0.05) is 25.1 Å². The first-order valence-corrected chi connectivity index (χ1v) is 6.77. The van der Waals surface area contributed by atoms with Crippen molar-refractivity contribution in [3.05, 3.63) is 35.6 Å². The fraction of sp³-hybridized carbons (Fsp3) is 0.375. The van der Waals surface area contributed by atoms with E-state index in [2.05, 4.69) is 4.74 Å². The number of rotatable bonds is 4. The Hall–Kier alpha value is -2.30. The van der Waals surface area contributed by atoms with Crippen molar-refractivity contribution < 1.29 is 18.7 Å². The summed E-state index contributed by atoms with van der Waals surface area (Å²) in [6.45, 7) is 3.86. The molecule has 0 bridgehead atoms. The number of hydrogen-bond acceptors (Lipinski definition) is 4. The molecule has 0 aliphatic carbocycles. The second-order valence-corrected chi connectivity index (χ2v) is 5.16. The van der Waals surface area contributed by atoms with Crippen LogP contribution in [-0.4, -0.2) is 37.5 Å². The quantitative estimate of drug-likeness (QED) is 0.812. The molecule has 0 saturated carbocycles. The molecule has 5 heteroatoms. The maximum absolute atomic E-state index is 12.5. The molecule has 21 heavy (non-hydrogen) atoms. The molecule has 0 radical (unpaired) electrons. The van der Waals surface area contributed by atoms with Gasteiger partial charge in [0.25, 0.3) is 5.91 Å². The molecule has 0 aliphatic rings. The van der Waals surface area contributed by atoms with E-state index in [4.69, 9.17) is 4.42 Å². The predicted molar refractivity (Wildman–Crippen MR) is 79.1 cm³/mol. The molecule has 1 heterocycles. The summed E-state index contributed by atoms with van der Waals surface area (Å²) in [5.41, 5.74) is 1.50. The molecule has 1 unspecified atom stereocenters. The van der Waals surface area contributed by atoms with E-state index in [0.29, 0.717) is 11.3 Å². The largest absolute Gasteiger partial charge is 0.469 e. The van der Waals surface area contributed by atoms with Crippen molar-refractivity contribution in [3.8, 4) is 0 Å². The number of nitrogens with zero attached hydrogens (tertiary/aromatic N) is 1. The minimum absolute atomic E-state index is 0.237. The number of furan rings is 1. The van der Waals surface area contributed by atoms with E-state index in [-0.39, 0.29) is 24.3 Å². The predicted octanol–water partition coefficient (Wildman–Crippen LogP) is 2.62. The Morgan fingerprint density at radius 2 is 2.00 bits per heavy atom. The number of para-hydroxylation sites is 1. The topological polar surface area (TPSA) is 59.8 Å². The zero-order chi connectivity index (χ0) is 15.6. The van der Waals surface area contributed by atoms with Gasteiger partial charge in [-0.05, 0) is 13.0 Å². The number of amides is 1. The lowest BCUT2D eigenvalue weighted by atomic mass is 10.1. The second-order valence-electron chi connectivity index (χ2n) is 5.16. The van der Waals surface area contributed by atoms with Crippen molar-refractivity contribution in [1.82, 2.24) is 4.90 Å². The number of esters is 1. The van der Waals surface area contributed by atoms with Crippen LogP contribution in [0.3, 0.4) is 0 Å². The highest BCUT2D eigenvalue weighted by atomic mass is 16.5. The SMILES string of the molecule is COC(=O)C(C)CN(C)C(=O)c1oc2ccccc2c1C. The van der Waals surface area contributed by atoms with Crippen molar-refractivity contribution in [2.75, 3.05) is 20.7 Å². The second kappa shape index (κ2) is 5.99. The van der Waals surface area contributed by atoms with Crippen molar-refractivity contribution in [2.24, 2.45) is 5.92 Å². The molecule has 1 amide bonds. The number of carbonyl (C=O) groups excluding carboxylic acids is 2. The van der Waals surface area contributed by atoms with Gasteiger partial charge in [0.05, 0.1) is 13.0 Å². The standard InChI is InChI=1S/C16H19NO4/c1-10(16(19)20-4)9-17(3)15(18)14-11(2)12-7-5-6-8-13(12)21-14/h5-8,10H,9H2,1-4H3. The van der Waals surface area contributed by atoms with E-state index in [1.54, 1.807) is 14.0 Å². The summed E-state index contributed by atoms with van der Waals surface area (Å²) in [6, 6.07) is 7.52. The average Bonchev–Trinajstić information content (AvgIpc) is 2.83. The van der Waals surface area contributed by atoms with Gasteiger partial charge in [-0.3, -0.25) is 9.59 Å². The van der Waals surface area contributed by atoms with E-state index in [0.717, 1.165) is 10.9 Å². The highest BCUT2D eigenvalue weighted by molar-refractivity contribution is 5.98. The monoisotopic (exact) mass is 289 g/mol. The third-order valence-corrected chi connectivity index (χ3v) is 3.54. The van der Waals surface area contributed by atoms with Crippen molar-refractivity contribution in [1.29, 1.82) is 0 Å². The number of hydrogen-bond donors (Lipinski definition) is 0. The number of carbonyl (C=O) groups is 2. The zero-order valence-electron chi connectivity index (χ0n) is 12.7. The van der Waals surface area contributed by atoms with Gasteiger partial charge in [-0.25, -0.2) is 0 Å². The van der Waals surface area contributed by atoms with Gasteiger partial charge in [-0.15, -0.1) is 0 Å². The maximum atomic E-state index is 12.5. The van der Waals surface area contributed by atoms with Gasteiger partial charge in [0, 0.05) is 24.5 Å². The minimum Gasteiger partial charge on any atom is -0.469 e. The lowest BCUT2D eigenvalue weighted by Crippen LogP contribution is -2.34. The fourth-order valence-corrected chi connectivity index (χ4v) is 2.32. The molecule has 1 atom stereocenters. The Morgan fingerprint density at radius 3 is 2.62 bits per heavy atom. The third-order valence-electron chi connectivity index (χ3n) is 3.54. The van der Waals surface area contributed by atoms with Crippen LogP contribution >= 0.6 is 0 Å². The minimum atomic E-state index is -0.381. The Labute approximate surface area is 123 Å². The number of ether oxygens (including phenoxy) is 1. The van der Waals surface area contributed by atoms with Crippen LogP contribution in [0.5, 0.6) is 0 Å². The van der Waals surface area contributed by atoms with Gasteiger partial charge in [0.15, 0.2) is 5.76 Å². The number of benzene rings is 1. The Bertz CT molecular complexity index is 674. The van der Waals surface area contributed by atoms with E-state index >= 15 is 0 Å². The molecule has 2 rings (SSSR count). The van der Waals surface area contributed by atoms with Crippen LogP contribution < -0.4 is 0 Å². The van der Waals surface area contributed by atoms with Crippen molar-refractivity contribution in [3.63, 3.8) is 0 Å². The third kappa shape index (κ3) is 2.91. The maximum Gasteiger partial charge on any atom is 0.310 e. The van der Waals surface area contributed by atoms with Gasteiger partial charge < -0.3 is 14.1 Å². The molecule has 0 saturated heterocycles. The van der Waals surface area contributed by atoms with Gasteiger partial charge >= 0.3 is 5.97 Å². The molecule has 0 aliphatic heterocycles. The first kappa shape index (κ1) is 15.1. The van der Waals surface area contributed by atoms with Gasteiger partial charge in [0.2, 0.25) is 0 Å². The fourth-order valence-electron chi connectivity index (χ4n) is 2.32. The molecule has 0 N–H and O–H groups in total. The molecular weight excluding hydrogens is 270 g/mol. The molecule has 0 fully saturated rings. The summed E-state index contributed by atoms with van der Waals surface area (Å²) in [5.74, 6) is -0.639. The molecule has 1 aromatic carbocycles. The lowest BCUT2D eigenvalue weighted by molar-refractivity contribution is -0.145. The van der Waals surface area contributed by atoms with Crippen LogP contribution in [0, 0.1) is 12.8 Å². The summed E-state index contributed by atoms with van der Waals surface area (Å²) < 4.78 is 10.3. The Kier molecular flexibility index (Phi) is 4.31. The highest BCUT2D eigenvalue weighted by Crippen LogP contribution is 2.25. The average molecular weight is 289 g/mol.